The van der Waals surface area contributed by atoms with Crippen LogP contribution in [0.25, 0.3) is 10.6 Å². The monoisotopic (exact) mass is 423 g/mol. The lowest BCUT2D eigenvalue weighted by molar-refractivity contribution is 0.256. The molecular weight excluding hydrogens is 394 g/mol. The van der Waals surface area contributed by atoms with Crippen LogP contribution in [0.1, 0.15) is 45.6 Å². The second-order valence-electron chi connectivity index (χ2n) is 7.27. The van der Waals surface area contributed by atoms with Crippen molar-refractivity contribution >= 4 is 22.7 Å². The molecular formula is C24H29N3O2S. The number of hydrogen-bond acceptors (Lipinski definition) is 6. The van der Waals surface area contributed by atoms with Gasteiger partial charge in [-0.15, -0.1) is 10.2 Å². The highest BCUT2D eigenvalue weighted by Crippen LogP contribution is 2.29. The maximum atomic E-state index is 5.79. The summed E-state index contributed by atoms with van der Waals surface area (Å²) < 4.78 is 11.5. The number of aliphatic imine (C=N–C) groups is 1. The van der Waals surface area contributed by atoms with Gasteiger partial charge in [0, 0.05) is 11.8 Å². The zero-order valence-corrected chi connectivity index (χ0v) is 18.7. The molecule has 0 radical (unpaired) electrons. The Bertz CT molecular complexity index is 920. The lowest BCUT2D eigenvalue weighted by Crippen LogP contribution is -2.07. The Balaban J connectivity index is 1.56. The number of aromatic nitrogens is 2. The number of benzene rings is 2. The van der Waals surface area contributed by atoms with E-state index >= 15 is 0 Å². The molecule has 0 aliphatic heterocycles. The maximum absolute atomic E-state index is 5.79. The molecule has 0 N–H and O–H groups in total. The summed E-state index contributed by atoms with van der Waals surface area (Å²) in [5.41, 5.74) is 2.01. The van der Waals surface area contributed by atoms with Crippen LogP contribution in [0.2, 0.25) is 0 Å². The molecule has 5 nitrogen and oxygen atoms in total. The lowest BCUT2D eigenvalue weighted by Gasteiger charge is -2.10. The Morgan fingerprint density at radius 2 is 1.67 bits per heavy atom. The third-order valence-electron chi connectivity index (χ3n) is 4.72. The van der Waals surface area contributed by atoms with Gasteiger partial charge in [-0.3, -0.25) is 0 Å². The Morgan fingerprint density at radius 1 is 0.967 bits per heavy atom. The fraction of sp³-hybridized carbons (Fsp3) is 0.375. The second-order valence-corrected chi connectivity index (χ2v) is 8.22. The molecule has 0 fully saturated rings. The van der Waals surface area contributed by atoms with E-state index < -0.39 is 0 Å². The quantitative estimate of drug-likeness (QED) is 0.259. The molecule has 6 heteroatoms. The summed E-state index contributed by atoms with van der Waals surface area (Å²) in [5, 5.41) is 9.92. The summed E-state index contributed by atoms with van der Waals surface area (Å²) in [7, 11) is 0. The first-order chi connectivity index (χ1) is 14.7. The van der Waals surface area contributed by atoms with Crippen LogP contribution in [-0.2, 0) is 0 Å². The molecule has 0 saturated carbocycles. The zero-order valence-electron chi connectivity index (χ0n) is 17.9. The van der Waals surface area contributed by atoms with Gasteiger partial charge in [0.25, 0.3) is 0 Å². The fourth-order valence-electron chi connectivity index (χ4n) is 2.55. The van der Waals surface area contributed by atoms with Gasteiger partial charge in [0.15, 0.2) is 0 Å². The molecule has 0 aliphatic rings. The Kier molecular flexibility index (Phi) is 8.39. The van der Waals surface area contributed by atoms with Gasteiger partial charge in [0.2, 0.25) is 5.13 Å². The Morgan fingerprint density at radius 3 is 2.37 bits per heavy atom. The van der Waals surface area contributed by atoms with E-state index in [-0.39, 0.29) is 0 Å². The van der Waals surface area contributed by atoms with Crippen molar-refractivity contribution in [1.82, 2.24) is 10.2 Å². The van der Waals surface area contributed by atoms with E-state index in [1.54, 1.807) is 6.21 Å². The number of unbranched alkanes of at least 4 members (excludes halogenated alkanes) is 1. The predicted octanol–water partition coefficient (Wildman–Crippen LogP) is 6.56. The van der Waals surface area contributed by atoms with Crippen molar-refractivity contribution in [3.63, 3.8) is 0 Å². The minimum Gasteiger partial charge on any atom is -0.494 e. The molecule has 0 aliphatic carbocycles. The van der Waals surface area contributed by atoms with Crippen LogP contribution in [0.5, 0.6) is 11.5 Å². The summed E-state index contributed by atoms with van der Waals surface area (Å²) in [4.78, 5) is 4.46. The normalized spacial score (nSPS) is 12.2. The van der Waals surface area contributed by atoms with E-state index in [9.17, 15) is 0 Å². The first-order valence-electron chi connectivity index (χ1n) is 10.5. The van der Waals surface area contributed by atoms with Crippen molar-refractivity contribution in [1.29, 1.82) is 0 Å². The predicted molar refractivity (Wildman–Crippen MR) is 124 cm³/mol. The van der Waals surface area contributed by atoms with Crippen LogP contribution in [0, 0.1) is 5.92 Å². The van der Waals surface area contributed by atoms with Crippen molar-refractivity contribution in [3.05, 3.63) is 54.1 Å². The van der Waals surface area contributed by atoms with Gasteiger partial charge in [-0.25, -0.2) is 4.99 Å². The molecule has 3 aromatic rings. The van der Waals surface area contributed by atoms with E-state index in [4.69, 9.17) is 9.47 Å². The highest BCUT2D eigenvalue weighted by atomic mass is 32.1. The van der Waals surface area contributed by atoms with E-state index in [0.717, 1.165) is 60.1 Å². The third kappa shape index (κ3) is 6.66. The lowest BCUT2D eigenvalue weighted by atomic mass is 10.1. The molecule has 0 bridgehead atoms. The number of ether oxygens (including phenoxy) is 2. The van der Waals surface area contributed by atoms with Crippen LogP contribution in [0.15, 0.2) is 53.5 Å². The van der Waals surface area contributed by atoms with Crippen LogP contribution < -0.4 is 9.47 Å². The molecule has 0 amide bonds. The summed E-state index contributed by atoms with van der Waals surface area (Å²) in [6.07, 6.45) is 5.11. The topological polar surface area (TPSA) is 56.6 Å². The molecule has 1 heterocycles. The SMILES string of the molecule is CCCCOc1ccc(-c2nnc(/N=C/c3ccc(OC[C@H](C)CC)cc3)s2)cc1. The van der Waals surface area contributed by atoms with E-state index in [2.05, 4.69) is 36.0 Å². The van der Waals surface area contributed by atoms with Crippen molar-refractivity contribution in [2.24, 2.45) is 10.9 Å². The van der Waals surface area contributed by atoms with E-state index in [1.807, 2.05) is 48.5 Å². The van der Waals surface area contributed by atoms with Gasteiger partial charge >= 0.3 is 0 Å². The molecule has 1 aromatic heterocycles. The molecule has 2 aromatic carbocycles. The molecule has 0 spiro atoms. The molecule has 0 saturated heterocycles. The minimum atomic E-state index is 0.558. The number of nitrogens with zero attached hydrogens (tertiary/aromatic N) is 3. The van der Waals surface area contributed by atoms with E-state index in [0.29, 0.717) is 11.0 Å². The van der Waals surface area contributed by atoms with Crippen molar-refractivity contribution in [2.75, 3.05) is 13.2 Å². The fourth-order valence-corrected chi connectivity index (χ4v) is 3.24. The highest BCUT2D eigenvalue weighted by Gasteiger charge is 2.06. The molecule has 3 rings (SSSR count). The van der Waals surface area contributed by atoms with Gasteiger partial charge in [-0.2, -0.15) is 0 Å². The van der Waals surface area contributed by atoms with Gasteiger partial charge in [-0.05, 0) is 66.4 Å². The van der Waals surface area contributed by atoms with Crippen LogP contribution in [0.4, 0.5) is 5.13 Å². The summed E-state index contributed by atoms with van der Waals surface area (Å²) >= 11 is 1.46. The minimum absolute atomic E-state index is 0.558. The van der Waals surface area contributed by atoms with Gasteiger partial charge in [-0.1, -0.05) is 44.9 Å². The summed E-state index contributed by atoms with van der Waals surface area (Å²) in [6.45, 7) is 8.00. The maximum Gasteiger partial charge on any atom is 0.231 e. The van der Waals surface area contributed by atoms with Crippen molar-refractivity contribution in [2.45, 2.75) is 40.0 Å². The van der Waals surface area contributed by atoms with Crippen LogP contribution in [0.3, 0.4) is 0 Å². The van der Waals surface area contributed by atoms with Gasteiger partial charge in [0.05, 0.1) is 13.2 Å². The van der Waals surface area contributed by atoms with Crippen LogP contribution in [-0.4, -0.2) is 29.6 Å². The average molecular weight is 424 g/mol. The van der Waals surface area contributed by atoms with E-state index in [1.165, 1.54) is 11.3 Å². The average Bonchev–Trinajstić information content (AvgIpc) is 3.26. The van der Waals surface area contributed by atoms with Gasteiger partial charge < -0.3 is 9.47 Å². The first kappa shape index (κ1) is 22.0. The number of hydrogen-bond donors (Lipinski definition) is 0. The largest absolute Gasteiger partial charge is 0.494 e. The second kappa shape index (κ2) is 11.5. The van der Waals surface area contributed by atoms with Crippen molar-refractivity contribution < 1.29 is 9.47 Å². The third-order valence-corrected chi connectivity index (χ3v) is 5.60. The van der Waals surface area contributed by atoms with Crippen LogP contribution >= 0.6 is 11.3 Å². The number of rotatable bonds is 11. The smallest absolute Gasteiger partial charge is 0.231 e. The van der Waals surface area contributed by atoms with Gasteiger partial charge in [0.1, 0.15) is 16.5 Å². The standard InChI is InChI=1S/C24H29N3O2S/c1-4-6-15-28-21-13-9-20(10-14-21)23-26-27-24(30-23)25-16-19-7-11-22(12-8-19)29-17-18(3)5-2/h7-14,16,18H,4-6,15,17H2,1-3H3/b25-16+/t18-/m1/s1. The molecule has 0 unspecified atom stereocenters. The molecule has 1 atom stereocenters. The highest BCUT2D eigenvalue weighted by molar-refractivity contribution is 7.18. The molecule has 30 heavy (non-hydrogen) atoms. The Hall–Kier alpha value is -2.73. The molecule has 158 valence electrons. The van der Waals surface area contributed by atoms with Crippen molar-refractivity contribution in [3.8, 4) is 22.1 Å². The first-order valence-corrected chi connectivity index (χ1v) is 11.3. The zero-order chi connectivity index (χ0) is 21.2. The Labute approximate surface area is 182 Å². The summed E-state index contributed by atoms with van der Waals surface area (Å²) in [6, 6.07) is 15.9. The summed E-state index contributed by atoms with van der Waals surface area (Å²) in [5.74, 6) is 2.32.